The summed E-state index contributed by atoms with van der Waals surface area (Å²) >= 11 is 1.74. The molecule has 0 saturated carbocycles. The van der Waals surface area contributed by atoms with E-state index in [2.05, 4.69) is 36.7 Å². The number of nitrogens with zero attached hydrogens (tertiary/aromatic N) is 1. The molecule has 0 N–H and O–H groups in total. The molecule has 8 heavy (non-hydrogen) atoms. The van der Waals surface area contributed by atoms with Crippen molar-refractivity contribution >= 4 is 11.8 Å². The molecule has 0 unspecified atom stereocenters. The number of rotatable bonds is 3. The predicted molar refractivity (Wildman–Crippen MR) is 41.2 cm³/mol. The van der Waals surface area contributed by atoms with Crippen LogP contribution in [0.1, 0.15) is 0 Å². The third-order valence-corrected chi connectivity index (χ3v) is 1.17. The summed E-state index contributed by atoms with van der Waals surface area (Å²) in [5, 5.41) is 2.10. The Balaban J connectivity index is 3.03. The first kappa shape index (κ1) is 8.05. The Morgan fingerprint density at radius 2 is 2.12 bits per heavy atom. The van der Waals surface area contributed by atoms with Crippen LogP contribution in [0.2, 0.25) is 0 Å². The Morgan fingerprint density at radius 1 is 1.50 bits per heavy atom. The van der Waals surface area contributed by atoms with E-state index in [0.29, 0.717) is 0 Å². The summed E-state index contributed by atoms with van der Waals surface area (Å²) in [5.74, 6) is 0. The monoisotopic (exact) mass is 131 g/mol. The van der Waals surface area contributed by atoms with Crippen LogP contribution >= 0.6 is 11.8 Å². The molecule has 0 aromatic rings. The minimum absolute atomic E-state index is 1.04. The second-order valence-electron chi connectivity index (χ2n) is 1.87. The second-order valence-corrected chi connectivity index (χ2v) is 2.61. The average molecular weight is 131 g/mol. The van der Waals surface area contributed by atoms with Crippen molar-refractivity contribution in [3.05, 3.63) is 11.5 Å². The van der Waals surface area contributed by atoms with E-state index in [-0.39, 0.29) is 0 Å². The van der Waals surface area contributed by atoms with Crippen molar-refractivity contribution in [2.24, 2.45) is 0 Å². The Labute approximate surface area is 55.8 Å². The van der Waals surface area contributed by atoms with Gasteiger partial charge < -0.3 is 4.90 Å². The van der Waals surface area contributed by atoms with Crippen molar-refractivity contribution in [2.75, 3.05) is 26.9 Å². The largest absolute Gasteiger partial charge is 0.306 e. The molecule has 0 fully saturated rings. The SMILES string of the molecule is CS/C=C/CN(C)C. The molecule has 1 nitrogen and oxygen atoms in total. The van der Waals surface area contributed by atoms with Crippen LogP contribution in [0.5, 0.6) is 0 Å². The van der Waals surface area contributed by atoms with Gasteiger partial charge in [-0.15, -0.1) is 11.8 Å². The van der Waals surface area contributed by atoms with Gasteiger partial charge in [-0.05, 0) is 25.8 Å². The molecule has 0 aliphatic rings. The van der Waals surface area contributed by atoms with Crippen LogP contribution in [-0.2, 0) is 0 Å². The second kappa shape index (κ2) is 5.19. The van der Waals surface area contributed by atoms with Gasteiger partial charge in [0.05, 0.1) is 0 Å². The van der Waals surface area contributed by atoms with Gasteiger partial charge >= 0.3 is 0 Å². The number of hydrogen-bond acceptors (Lipinski definition) is 2. The van der Waals surface area contributed by atoms with Crippen molar-refractivity contribution in [1.82, 2.24) is 4.90 Å². The number of hydrogen-bond donors (Lipinski definition) is 0. The fraction of sp³-hybridized carbons (Fsp3) is 0.667. The van der Waals surface area contributed by atoms with E-state index < -0.39 is 0 Å². The molecule has 0 bridgehead atoms. The van der Waals surface area contributed by atoms with Crippen LogP contribution in [0.4, 0.5) is 0 Å². The highest BCUT2D eigenvalue weighted by molar-refractivity contribution is 8.01. The molecule has 0 atom stereocenters. The summed E-state index contributed by atoms with van der Waals surface area (Å²) in [6, 6.07) is 0. The zero-order valence-electron chi connectivity index (χ0n) is 5.72. The molecule has 0 aliphatic carbocycles. The van der Waals surface area contributed by atoms with E-state index in [0.717, 1.165) is 6.54 Å². The Bertz CT molecular complexity index is 68.9. The standard InChI is InChI=1S/C6H13NS/c1-7(2)5-4-6-8-3/h4,6H,5H2,1-3H3/b6-4+. The van der Waals surface area contributed by atoms with Gasteiger partial charge in [0, 0.05) is 6.54 Å². The molecule has 0 spiro atoms. The minimum Gasteiger partial charge on any atom is -0.306 e. The molecule has 0 saturated heterocycles. The van der Waals surface area contributed by atoms with Gasteiger partial charge in [-0.3, -0.25) is 0 Å². The predicted octanol–water partition coefficient (Wildman–Crippen LogP) is 1.42. The van der Waals surface area contributed by atoms with Crippen LogP contribution in [-0.4, -0.2) is 31.8 Å². The van der Waals surface area contributed by atoms with Crippen LogP contribution in [0.3, 0.4) is 0 Å². The van der Waals surface area contributed by atoms with Gasteiger partial charge in [-0.25, -0.2) is 0 Å². The van der Waals surface area contributed by atoms with E-state index in [1.165, 1.54) is 0 Å². The van der Waals surface area contributed by atoms with Crippen molar-refractivity contribution in [3.63, 3.8) is 0 Å². The Hall–Kier alpha value is 0.0500. The maximum absolute atomic E-state index is 2.14. The lowest BCUT2D eigenvalue weighted by Crippen LogP contribution is -2.10. The third kappa shape index (κ3) is 6.05. The molecule has 0 radical (unpaired) electrons. The zero-order chi connectivity index (χ0) is 6.41. The van der Waals surface area contributed by atoms with Gasteiger partial charge in [0.2, 0.25) is 0 Å². The lowest BCUT2D eigenvalue weighted by atomic mass is 10.6. The molecule has 0 aromatic carbocycles. The highest BCUT2D eigenvalue weighted by atomic mass is 32.2. The first-order chi connectivity index (χ1) is 3.77. The smallest absolute Gasteiger partial charge is 0.0165 e. The van der Waals surface area contributed by atoms with Crippen molar-refractivity contribution in [1.29, 1.82) is 0 Å². The van der Waals surface area contributed by atoms with Gasteiger partial charge in [-0.2, -0.15) is 0 Å². The maximum atomic E-state index is 2.14. The lowest BCUT2D eigenvalue weighted by Gasteiger charge is -2.02. The lowest BCUT2D eigenvalue weighted by molar-refractivity contribution is 0.457. The fourth-order valence-electron chi connectivity index (χ4n) is 0.350. The number of thioether (sulfide) groups is 1. The highest BCUT2D eigenvalue weighted by Crippen LogP contribution is 1.92. The normalized spacial score (nSPS) is 11.5. The van der Waals surface area contributed by atoms with E-state index in [1.807, 2.05) is 0 Å². The fourth-order valence-corrected chi connectivity index (χ4v) is 0.629. The van der Waals surface area contributed by atoms with Gasteiger partial charge in [-0.1, -0.05) is 6.08 Å². The first-order valence-electron chi connectivity index (χ1n) is 2.60. The highest BCUT2D eigenvalue weighted by Gasteiger charge is 1.78. The molecular formula is C6H13NS. The molecule has 0 rings (SSSR count). The van der Waals surface area contributed by atoms with Crippen LogP contribution < -0.4 is 0 Å². The van der Waals surface area contributed by atoms with Crippen LogP contribution in [0.15, 0.2) is 11.5 Å². The quantitative estimate of drug-likeness (QED) is 0.570. The van der Waals surface area contributed by atoms with E-state index in [9.17, 15) is 0 Å². The van der Waals surface area contributed by atoms with Crippen LogP contribution in [0.25, 0.3) is 0 Å². The van der Waals surface area contributed by atoms with Crippen molar-refractivity contribution in [2.45, 2.75) is 0 Å². The van der Waals surface area contributed by atoms with Crippen molar-refractivity contribution < 1.29 is 0 Å². The van der Waals surface area contributed by atoms with E-state index >= 15 is 0 Å². The Morgan fingerprint density at radius 3 is 2.50 bits per heavy atom. The molecular weight excluding hydrogens is 118 g/mol. The zero-order valence-corrected chi connectivity index (χ0v) is 6.53. The summed E-state index contributed by atoms with van der Waals surface area (Å²) in [5.41, 5.74) is 0. The summed E-state index contributed by atoms with van der Waals surface area (Å²) in [7, 11) is 4.12. The maximum Gasteiger partial charge on any atom is 0.0165 e. The molecule has 0 heterocycles. The summed E-state index contributed by atoms with van der Waals surface area (Å²) in [6.45, 7) is 1.04. The van der Waals surface area contributed by atoms with E-state index in [4.69, 9.17) is 0 Å². The molecule has 0 aromatic heterocycles. The molecule has 2 heteroatoms. The third-order valence-electron chi connectivity index (χ3n) is 0.703. The molecule has 48 valence electrons. The first-order valence-corrected chi connectivity index (χ1v) is 3.88. The molecule has 0 aliphatic heterocycles. The minimum atomic E-state index is 1.04. The molecule has 0 amide bonds. The number of likely N-dealkylation sites (N-methyl/N-ethyl adjacent to an activating group) is 1. The van der Waals surface area contributed by atoms with Crippen molar-refractivity contribution in [3.8, 4) is 0 Å². The van der Waals surface area contributed by atoms with Gasteiger partial charge in [0.1, 0.15) is 0 Å². The van der Waals surface area contributed by atoms with Gasteiger partial charge in [0.15, 0.2) is 0 Å². The van der Waals surface area contributed by atoms with Gasteiger partial charge in [0.25, 0.3) is 0 Å². The van der Waals surface area contributed by atoms with E-state index in [1.54, 1.807) is 11.8 Å². The summed E-state index contributed by atoms with van der Waals surface area (Å²) in [6.07, 6.45) is 4.21. The average Bonchev–Trinajstić information content (AvgIpc) is 1.66. The Kier molecular flexibility index (Phi) is 5.22. The van der Waals surface area contributed by atoms with Crippen LogP contribution in [0, 0.1) is 0 Å². The summed E-state index contributed by atoms with van der Waals surface area (Å²) < 4.78 is 0. The summed E-state index contributed by atoms with van der Waals surface area (Å²) in [4.78, 5) is 2.13. The topological polar surface area (TPSA) is 3.24 Å².